The van der Waals surface area contributed by atoms with Gasteiger partial charge in [0.1, 0.15) is 0 Å². The smallest absolute Gasteiger partial charge is 0.225 e. The maximum Gasteiger partial charge on any atom is 0.225 e. The number of amides is 1. The van der Waals surface area contributed by atoms with Gasteiger partial charge in [-0.15, -0.1) is 0 Å². The maximum atomic E-state index is 11.7. The van der Waals surface area contributed by atoms with Crippen molar-refractivity contribution in [2.24, 2.45) is 0 Å². The lowest BCUT2D eigenvalue weighted by Gasteiger charge is -2.11. The number of hydrogen-bond acceptors (Lipinski definition) is 3. The zero-order valence-corrected chi connectivity index (χ0v) is 13.0. The average molecular weight is 323 g/mol. The third-order valence-corrected chi connectivity index (χ3v) is 4.58. The normalized spacial score (nSPS) is 12.5. The highest BCUT2D eigenvalue weighted by Crippen LogP contribution is 2.32. The summed E-state index contributed by atoms with van der Waals surface area (Å²) in [5.74, 6) is 0.0409. The van der Waals surface area contributed by atoms with Gasteiger partial charge >= 0.3 is 0 Å². The first kappa shape index (κ1) is 16.3. The molecule has 19 heavy (non-hydrogen) atoms. The van der Waals surface area contributed by atoms with Gasteiger partial charge < -0.3 is 11.1 Å². The number of nitrogen functional groups attached to an aromatic ring is 1. The molecular formula is C12H16Cl2N2O2S. The Hall–Kier alpha value is -0.780. The molecule has 0 saturated heterocycles. The summed E-state index contributed by atoms with van der Waals surface area (Å²) in [4.78, 5) is 11.7. The van der Waals surface area contributed by atoms with Gasteiger partial charge in [0.25, 0.3) is 0 Å². The first-order chi connectivity index (χ1) is 8.81. The van der Waals surface area contributed by atoms with E-state index < -0.39 is 10.8 Å². The van der Waals surface area contributed by atoms with Gasteiger partial charge in [-0.05, 0) is 12.1 Å². The fraction of sp³-hybridized carbons (Fsp3) is 0.417. The summed E-state index contributed by atoms with van der Waals surface area (Å²) in [6.45, 7) is 3.70. The molecule has 0 bridgehead atoms. The quantitative estimate of drug-likeness (QED) is 0.818. The summed E-state index contributed by atoms with van der Waals surface area (Å²) in [5, 5.41) is 3.33. The molecule has 0 radical (unpaired) electrons. The number of carbonyl (C=O) groups excluding carboxylic acids is 1. The standard InChI is InChI=1S/C12H16Cl2N2O2S/c1-7(2)19(18)4-3-11(17)16-12-9(14)5-8(13)6-10(12)15/h5-7H,3-4,15H2,1-2H3,(H,16,17). The van der Waals surface area contributed by atoms with E-state index in [1.807, 2.05) is 13.8 Å². The Kier molecular flexibility index (Phi) is 6.10. The molecule has 4 nitrogen and oxygen atoms in total. The van der Waals surface area contributed by atoms with E-state index in [9.17, 15) is 9.00 Å². The van der Waals surface area contributed by atoms with Crippen molar-refractivity contribution < 1.29 is 9.00 Å². The van der Waals surface area contributed by atoms with E-state index in [0.29, 0.717) is 22.2 Å². The van der Waals surface area contributed by atoms with Crippen molar-refractivity contribution in [1.29, 1.82) is 0 Å². The first-order valence-corrected chi connectivity index (χ1v) is 7.86. The number of nitrogens with two attached hydrogens (primary N) is 1. The maximum absolute atomic E-state index is 11.7. The molecule has 3 N–H and O–H groups in total. The van der Waals surface area contributed by atoms with E-state index in [4.69, 9.17) is 28.9 Å². The van der Waals surface area contributed by atoms with Crippen molar-refractivity contribution in [2.45, 2.75) is 25.5 Å². The highest BCUT2D eigenvalue weighted by molar-refractivity contribution is 7.85. The lowest BCUT2D eigenvalue weighted by Crippen LogP contribution is -2.18. The second-order valence-corrected chi connectivity index (χ2v) is 7.24. The minimum absolute atomic E-state index is 0.0389. The average Bonchev–Trinajstić information content (AvgIpc) is 2.30. The molecule has 0 aliphatic rings. The van der Waals surface area contributed by atoms with Crippen LogP contribution in [0.5, 0.6) is 0 Å². The van der Waals surface area contributed by atoms with Crippen LogP contribution in [-0.4, -0.2) is 21.1 Å². The Labute approximate surface area is 125 Å². The molecule has 0 aromatic heterocycles. The van der Waals surface area contributed by atoms with Crippen molar-refractivity contribution >= 4 is 51.3 Å². The van der Waals surface area contributed by atoms with Crippen LogP contribution in [0.25, 0.3) is 0 Å². The van der Waals surface area contributed by atoms with Crippen LogP contribution in [0.15, 0.2) is 12.1 Å². The van der Waals surface area contributed by atoms with Crippen LogP contribution in [0.4, 0.5) is 11.4 Å². The summed E-state index contributed by atoms with van der Waals surface area (Å²) in [6.07, 6.45) is 0.156. The topological polar surface area (TPSA) is 72.2 Å². The zero-order valence-electron chi connectivity index (χ0n) is 10.7. The summed E-state index contributed by atoms with van der Waals surface area (Å²) in [7, 11) is -1.01. The fourth-order valence-corrected chi connectivity index (χ4v) is 2.77. The predicted octanol–water partition coefficient (Wildman–Crippen LogP) is 3.06. The second kappa shape index (κ2) is 7.12. The molecule has 0 aliphatic carbocycles. The third-order valence-electron chi connectivity index (χ3n) is 2.41. The van der Waals surface area contributed by atoms with Crippen LogP contribution in [0.1, 0.15) is 20.3 Å². The van der Waals surface area contributed by atoms with E-state index in [0.717, 1.165) is 0 Å². The van der Waals surface area contributed by atoms with Gasteiger partial charge in [-0.25, -0.2) is 0 Å². The van der Waals surface area contributed by atoms with Gasteiger partial charge in [0.2, 0.25) is 5.91 Å². The van der Waals surface area contributed by atoms with Crippen molar-refractivity contribution in [3.8, 4) is 0 Å². The largest absolute Gasteiger partial charge is 0.397 e. The van der Waals surface area contributed by atoms with Crippen molar-refractivity contribution in [3.63, 3.8) is 0 Å². The Bertz CT molecular complexity index is 483. The highest BCUT2D eigenvalue weighted by Gasteiger charge is 2.12. The molecular weight excluding hydrogens is 307 g/mol. The number of rotatable bonds is 5. The van der Waals surface area contributed by atoms with E-state index in [-0.39, 0.29) is 22.6 Å². The Morgan fingerprint density at radius 3 is 2.58 bits per heavy atom. The van der Waals surface area contributed by atoms with Crippen LogP contribution >= 0.6 is 23.2 Å². The minimum Gasteiger partial charge on any atom is -0.397 e. The number of carbonyl (C=O) groups is 1. The molecule has 0 fully saturated rings. The van der Waals surface area contributed by atoms with Crippen LogP contribution < -0.4 is 11.1 Å². The fourth-order valence-electron chi connectivity index (χ4n) is 1.36. The molecule has 0 aliphatic heterocycles. The summed E-state index contributed by atoms with van der Waals surface area (Å²) in [6, 6.07) is 3.01. The molecule has 0 spiro atoms. The van der Waals surface area contributed by atoms with Crippen molar-refractivity contribution in [2.75, 3.05) is 16.8 Å². The lowest BCUT2D eigenvalue weighted by atomic mass is 10.2. The zero-order chi connectivity index (χ0) is 14.6. The molecule has 0 saturated carbocycles. The number of halogens is 2. The summed E-state index contributed by atoms with van der Waals surface area (Å²) >= 11 is 11.7. The minimum atomic E-state index is -1.01. The molecule has 106 valence electrons. The van der Waals surface area contributed by atoms with Gasteiger partial charge in [0.15, 0.2) is 0 Å². The third kappa shape index (κ3) is 5.01. The Morgan fingerprint density at radius 1 is 1.42 bits per heavy atom. The van der Waals surface area contributed by atoms with Crippen LogP contribution in [0.2, 0.25) is 10.0 Å². The van der Waals surface area contributed by atoms with Gasteiger partial charge in [-0.2, -0.15) is 0 Å². The monoisotopic (exact) mass is 322 g/mol. The number of hydrogen-bond donors (Lipinski definition) is 2. The summed E-state index contributed by atoms with van der Waals surface area (Å²) in [5.41, 5.74) is 6.37. The molecule has 7 heteroatoms. The van der Waals surface area contributed by atoms with E-state index in [2.05, 4.69) is 5.32 Å². The first-order valence-electron chi connectivity index (χ1n) is 5.72. The van der Waals surface area contributed by atoms with E-state index >= 15 is 0 Å². The summed E-state index contributed by atoms with van der Waals surface area (Å²) < 4.78 is 11.5. The van der Waals surface area contributed by atoms with Gasteiger partial charge in [0.05, 0.1) is 16.4 Å². The van der Waals surface area contributed by atoms with Crippen LogP contribution in [0, 0.1) is 0 Å². The number of benzene rings is 1. The van der Waals surface area contributed by atoms with E-state index in [1.165, 1.54) is 12.1 Å². The van der Waals surface area contributed by atoms with Crippen molar-refractivity contribution in [3.05, 3.63) is 22.2 Å². The Morgan fingerprint density at radius 2 is 2.05 bits per heavy atom. The predicted molar refractivity (Wildman–Crippen MR) is 82.3 cm³/mol. The van der Waals surface area contributed by atoms with Crippen LogP contribution in [-0.2, 0) is 15.6 Å². The molecule has 1 atom stereocenters. The molecule has 1 aromatic rings. The Balaban J connectivity index is 2.65. The van der Waals surface area contributed by atoms with Gasteiger partial charge in [0, 0.05) is 33.2 Å². The molecule has 1 unspecified atom stereocenters. The SMILES string of the molecule is CC(C)S(=O)CCC(=O)Nc1c(N)cc(Cl)cc1Cl. The molecule has 0 heterocycles. The van der Waals surface area contributed by atoms with E-state index in [1.54, 1.807) is 0 Å². The molecule has 1 aromatic carbocycles. The lowest BCUT2D eigenvalue weighted by molar-refractivity contribution is -0.115. The van der Waals surface area contributed by atoms with Crippen LogP contribution in [0.3, 0.4) is 0 Å². The highest BCUT2D eigenvalue weighted by atomic mass is 35.5. The van der Waals surface area contributed by atoms with Crippen molar-refractivity contribution in [1.82, 2.24) is 0 Å². The van der Waals surface area contributed by atoms with Gasteiger partial charge in [-0.1, -0.05) is 37.0 Å². The van der Waals surface area contributed by atoms with Gasteiger partial charge in [-0.3, -0.25) is 9.00 Å². The number of nitrogens with one attached hydrogen (secondary N) is 1. The molecule has 1 rings (SSSR count). The second-order valence-electron chi connectivity index (χ2n) is 4.28. The molecule has 1 amide bonds. The number of anilines is 2.